The number of fused-ring (bicyclic) bond motifs is 3. The predicted octanol–water partition coefficient (Wildman–Crippen LogP) is 6.46. The van der Waals surface area contributed by atoms with Crippen LogP contribution < -0.4 is 16.0 Å². The minimum Gasteiger partial charge on any atom is -0.379 e. The highest BCUT2D eigenvalue weighted by molar-refractivity contribution is 6.01. The minimum atomic E-state index is -4.93. The predicted molar refractivity (Wildman–Crippen MR) is 392 cm³/mol. The zero-order chi connectivity index (χ0) is 82.0. The molecule has 109 heavy (non-hydrogen) atoms. The summed E-state index contributed by atoms with van der Waals surface area (Å²) < 4.78 is 112. The molecule has 3 N–H and O–H groups in total. The van der Waals surface area contributed by atoms with Crippen molar-refractivity contribution in [1.29, 1.82) is 0 Å². The highest BCUT2D eigenvalue weighted by atomic mass is 19.4. The minimum absolute atomic E-state index is 0.00506. The number of amides is 12. The molecule has 0 aromatic rings. The molecule has 2 bridgehead atoms. The number of rotatable bonds is 22. The summed E-state index contributed by atoms with van der Waals surface area (Å²) >= 11 is 0. The van der Waals surface area contributed by atoms with Crippen LogP contribution in [0.15, 0.2) is 12.2 Å². The molecule has 3 aliphatic heterocycles. The summed E-state index contributed by atoms with van der Waals surface area (Å²) in [5, 5.41) is 8.40. The normalized spacial score (nSPS) is 27.6. The van der Waals surface area contributed by atoms with Crippen molar-refractivity contribution in [3.05, 3.63) is 12.2 Å². The zero-order valence-electron chi connectivity index (χ0n) is 66.9. The van der Waals surface area contributed by atoms with E-state index in [-0.39, 0.29) is 84.1 Å². The van der Waals surface area contributed by atoms with Gasteiger partial charge in [-0.05, 0) is 113 Å². The molecule has 26 nitrogen and oxygen atoms in total. The Morgan fingerprint density at radius 3 is 1.93 bits per heavy atom. The van der Waals surface area contributed by atoms with Crippen LogP contribution in [-0.4, -0.2) is 302 Å². The fourth-order valence-electron chi connectivity index (χ4n) is 16.2. The molecule has 12 amide bonds. The van der Waals surface area contributed by atoms with E-state index < -0.39 is 250 Å². The Kier molecular flexibility index (Phi) is 34.6. The van der Waals surface area contributed by atoms with Gasteiger partial charge in [0.25, 0.3) is 0 Å². The molecule has 3 heterocycles. The van der Waals surface area contributed by atoms with Crippen LogP contribution in [0.5, 0.6) is 0 Å². The number of likely N-dealkylation sites (N-methyl/N-ethyl adjacent to an activating group) is 7. The average molecular weight is 1560 g/mol. The number of carbonyl (C=O) groups excluding carboxylic acids is 12. The molecule has 2 saturated carbocycles. The molecule has 2 saturated heterocycles. The van der Waals surface area contributed by atoms with Gasteiger partial charge in [0.2, 0.25) is 76.8 Å². The molecule has 0 aromatic heterocycles. The van der Waals surface area contributed by atoms with E-state index in [1.807, 2.05) is 20.8 Å². The molecule has 5 aliphatic rings. The zero-order valence-corrected chi connectivity index (χ0v) is 66.9. The lowest BCUT2D eigenvalue weighted by molar-refractivity contribution is -0.161. The summed E-state index contributed by atoms with van der Waals surface area (Å²) in [4.78, 5) is 192. The molecule has 5 rings (SSSR count). The van der Waals surface area contributed by atoms with Crippen molar-refractivity contribution in [2.75, 3.05) is 109 Å². The SMILES string of the molecule is CCCOC[C@H]1C(=O)N[C@@H]([C@@H](C)CC)C(=O)N(C)CC(=O)N(C)[C@H]2C/C=C\CCN(C2=O)[C@@H](CC2CCC(F)(F)CC2)C(=O)N(C)CC(=O)N[C@@H](CCC(CCF)CC(F)CC(F)(F)F)C(=O)N2C[C@H](OCC)C[C@H]2C(=O)NC2(CC(C)(C)C2)C(=O)N(C)[C@@H](C(CC)CC)C(=O)N(C)[C@H](C(=O)N(C)C)CC(=O)N1C. The number of hydrogen-bond acceptors (Lipinski definition) is 14. The third kappa shape index (κ3) is 24.9. The van der Waals surface area contributed by atoms with E-state index in [1.54, 1.807) is 46.8 Å². The van der Waals surface area contributed by atoms with Gasteiger partial charge in [0.15, 0.2) is 0 Å². The molecule has 2 unspecified atom stereocenters. The van der Waals surface area contributed by atoms with Crippen LogP contribution >= 0.6 is 0 Å². The summed E-state index contributed by atoms with van der Waals surface area (Å²) in [6.07, 6.45) is -9.54. The number of halogens is 7. The van der Waals surface area contributed by atoms with Crippen molar-refractivity contribution < 1.29 is 97.7 Å². The summed E-state index contributed by atoms with van der Waals surface area (Å²) in [6.45, 7) is 11.0. The van der Waals surface area contributed by atoms with Gasteiger partial charge < -0.3 is 69.5 Å². The van der Waals surface area contributed by atoms with Gasteiger partial charge in [-0.2, -0.15) is 13.2 Å². The number of nitrogens with one attached hydrogen (secondary N) is 3. The largest absolute Gasteiger partial charge is 0.391 e. The number of ether oxygens (including phenoxy) is 2. The first-order valence-electron chi connectivity index (χ1n) is 38.7. The Bertz CT molecular complexity index is 3160. The standard InChI is InChI=1S/C76H123F7N12O14/c1-17-35-108-44-58-64(99)85-62(47(6)18-2)70(105)89(12)43-61(98)90(13)54-25-23-22-24-34-94(69(54)104)57(37-49-28-31-75(79,80)32-29-49)68(103)88(11)42-59(96)84-53(27-26-48(30-33-77)36-51(78)40-76(81,82)83)66(101)95-41-52(109-21-5)38-55(95)65(100)86-74(45-73(7,8)46-74)72(107)93(16)63(50(19-3)20-4)71(106)92(15)56(67(102)87(9)10)39-60(97)91(58)14/h22-23,47-58,62-63H,17-21,24-46H2,1-16H3,(H,84,96)(H,85,99)(H,86,100)/b23-22-/t47-,48?,51?,52+,53-,54-,55-,56-,57-,58-,62-,63-/m0/s1. The molecule has 2 aliphatic carbocycles. The van der Waals surface area contributed by atoms with Crippen LogP contribution in [0, 0.1) is 29.1 Å². The maximum atomic E-state index is 15.8. The van der Waals surface area contributed by atoms with Gasteiger partial charge >= 0.3 is 6.18 Å². The maximum Gasteiger partial charge on any atom is 0.391 e. The number of alkyl halides is 7. The third-order valence-corrected chi connectivity index (χ3v) is 22.7. The molecule has 4 fully saturated rings. The smallest absolute Gasteiger partial charge is 0.379 e. The van der Waals surface area contributed by atoms with Gasteiger partial charge in [-0.3, -0.25) is 61.9 Å². The Morgan fingerprint density at radius 1 is 0.725 bits per heavy atom. The molecular formula is C76H123F7N12O14. The molecule has 0 radical (unpaired) electrons. The topological polar surface area (TPSA) is 289 Å². The Labute approximate surface area is 638 Å². The monoisotopic (exact) mass is 1560 g/mol. The van der Waals surface area contributed by atoms with Crippen LogP contribution in [0.4, 0.5) is 30.7 Å². The summed E-state index contributed by atoms with van der Waals surface area (Å²) in [7, 11) is 10.7. The summed E-state index contributed by atoms with van der Waals surface area (Å²) in [5.74, 6) is -15.8. The average Bonchev–Trinajstić information content (AvgIpc) is 1.32. The van der Waals surface area contributed by atoms with Gasteiger partial charge in [0, 0.05) is 102 Å². The molecular weight excluding hydrogens is 1440 g/mol. The van der Waals surface area contributed by atoms with Crippen molar-refractivity contribution in [1.82, 2.24) is 60.0 Å². The van der Waals surface area contributed by atoms with E-state index in [4.69, 9.17) is 9.47 Å². The lowest BCUT2D eigenvalue weighted by Crippen LogP contribution is -2.71. The fraction of sp³-hybridized carbons (Fsp3) is 0.816. The van der Waals surface area contributed by atoms with Crippen molar-refractivity contribution in [2.45, 2.75) is 262 Å². The second-order valence-corrected chi connectivity index (χ2v) is 31.9. The van der Waals surface area contributed by atoms with Gasteiger partial charge in [-0.1, -0.05) is 79.9 Å². The van der Waals surface area contributed by atoms with E-state index in [1.165, 1.54) is 71.1 Å². The van der Waals surface area contributed by atoms with Gasteiger partial charge in [0.05, 0.1) is 45.3 Å². The number of carbonyl (C=O) groups is 12. The highest BCUT2D eigenvalue weighted by Crippen LogP contribution is 2.50. The molecule has 0 aromatic carbocycles. The van der Waals surface area contributed by atoms with Gasteiger partial charge in [-0.25, -0.2) is 13.2 Å². The Hall–Kier alpha value is -7.19. The third-order valence-electron chi connectivity index (χ3n) is 22.7. The van der Waals surface area contributed by atoms with Crippen LogP contribution in [-0.2, 0) is 67.0 Å². The van der Waals surface area contributed by atoms with Crippen molar-refractivity contribution >= 4 is 70.9 Å². The van der Waals surface area contributed by atoms with Crippen LogP contribution in [0.2, 0.25) is 0 Å². The second-order valence-electron chi connectivity index (χ2n) is 31.9. The Balaban J connectivity index is 1.73. The van der Waals surface area contributed by atoms with E-state index in [0.29, 0.717) is 25.7 Å². The maximum absolute atomic E-state index is 15.8. The first-order chi connectivity index (χ1) is 51.0. The number of nitrogens with zero attached hydrogens (tertiary/aromatic N) is 9. The van der Waals surface area contributed by atoms with Crippen molar-refractivity contribution in [3.63, 3.8) is 0 Å². The summed E-state index contributed by atoms with van der Waals surface area (Å²) in [5.41, 5.74) is -2.40. The molecule has 33 heteroatoms. The van der Waals surface area contributed by atoms with E-state index in [2.05, 4.69) is 16.0 Å². The lowest BCUT2D eigenvalue weighted by Gasteiger charge is -2.54. The summed E-state index contributed by atoms with van der Waals surface area (Å²) in [6, 6.07) is -11.8. The lowest BCUT2D eigenvalue weighted by atomic mass is 9.58. The van der Waals surface area contributed by atoms with E-state index >= 15 is 33.2 Å². The van der Waals surface area contributed by atoms with E-state index in [0.717, 1.165) is 29.4 Å². The second kappa shape index (κ2) is 40.8. The van der Waals surface area contributed by atoms with Crippen molar-refractivity contribution in [2.24, 2.45) is 29.1 Å². The van der Waals surface area contributed by atoms with E-state index in [9.17, 15) is 55.1 Å². The first-order valence-corrected chi connectivity index (χ1v) is 38.7. The van der Waals surface area contributed by atoms with Crippen LogP contribution in [0.1, 0.15) is 184 Å². The molecule has 620 valence electrons. The number of hydrogen-bond donors (Lipinski definition) is 3. The van der Waals surface area contributed by atoms with Crippen LogP contribution in [0.3, 0.4) is 0 Å². The Morgan fingerprint density at radius 2 is 1.36 bits per heavy atom. The molecule has 12 atom stereocenters. The van der Waals surface area contributed by atoms with Gasteiger partial charge in [-0.15, -0.1) is 0 Å². The van der Waals surface area contributed by atoms with Crippen molar-refractivity contribution in [3.8, 4) is 0 Å². The molecule has 1 spiro atoms. The highest BCUT2D eigenvalue weighted by Gasteiger charge is 2.59. The van der Waals surface area contributed by atoms with Gasteiger partial charge in [0.1, 0.15) is 60.0 Å². The van der Waals surface area contributed by atoms with Crippen LogP contribution in [0.25, 0.3) is 0 Å². The quantitative estimate of drug-likeness (QED) is 0.0596. The fourth-order valence-corrected chi connectivity index (χ4v) is 16.2. The first kappa shape index (κ1) is 92.4.